The number of carbonyl (C=O) groups excluding carboxylic acids is 2. The van der Waals surface area contributed by atoms with Gasteiger partial charge in [-0.15, -0.1) is 0 Å². The zero-order valence-corrected chi connectivity index (χ0v) is 20.8. The highest BCUT2D eigenvalue weighted by atomic mass is 19.3. The molecular formula is C27H28F2N4O5. The fourth-order valence-electron chi connectivity index (χ4n) is 5.97. The first kappa shape index (κ1) is 24.6. The van der Waals surface area contributed by atoms with Crippen LogP contribution < -0.4 is 4.74 Å². The standard InChI is InChI=1S/C27H28F2N4O5/c1-27-15-20-19-14-18(38-25(28)29)5-6-21(19)30-22(20)23(16-3-2-4-17(34)13-16)33(27)26(36)32(24(27)35)8-7-31-9-11-37-12-10-31/h2-6,13-14,23,25,30,34H,7-12,15H2,1H3/t23-,27+/m1/s1. The van der Waals surface area contributed by atoms with Crippen molar-refractivity contribution < 1.29 is 33.0 Å². The molecule has 4 heterocycles. The Bertz CT molecular complexity index is 1410. The van der Waals surface area contributed by atoms with E-state index in [9.17, 15) is 23.5 Å². The molecule has 3 aromatic rings. The van der Waals surface area contributed by atoms with Crippen molar-refractivity contribution in [2.45, 2.75) is 31.5 Å². The maximum Gasteiger partial charge on any atom is 0.387 e. The van der Waals surface area contributed by atoms with Gasteiger partial charge in [-0.25, -0.2) is 4.79 Å². The average Bonchev–Trinajstić information content (AvgIpc) is 3.33. The van der Waals surface area contributed by atoms with Crippen LogP contribution in [0.3, 0.4) is 0 Å². The van der Waals surface area contributed by atoms with Crippen molar-refractivity contribution in [2.24, 2.45) is 0 Å². The summed E-state index contributed by atoms with van der Waals surface area (Å²) in [5.74, 6) is -0.264. The molecule has 2 fully saturated rings. The molecule has 2 atom stereocenters. The summed E-state index contributed by atoms with van der Waals surface area (Å²) in [7, 11) is 0. The van der Waals surface area contributed by atoms with Crippen LogP contribution in [0.5, 0.6) is 11.5 Å². The molecule has 200 valence electrons. The monoisotopic (exact) mass is 526 g/mol. The van der Waals surface area contributed by atoms with E-state index in [-0.39, 0.29) is 30.4 Å². The number of rotatable bonds is 6. The molecule has 9 nitrogen and oxygen atoms in total. The predicted octanol–water partition coefficient (Wildman–Crippen LogP) is 3.48. The number of aromatic amines is 1. The molecule has 11 heteroatoms. The van der Waals surface area contributed by atoms with Gasteiger partial charge >= 0.3 is 12.6 Å². The van der Waals surface area contributed by atoms with Gasteiger partial charge in [0.2, 0.25) is 0 Å². The predicted molar refractivity (Wildman–Crippen MR) is 133 cm³/mol. The number of amides is 3. The van der Waals surface area contributed by atoms with Gasteiger partial charge in [0.05, 0.1) is 13.2 Å². The lowest BCUT2D eigenvalue weighted by Crippen LogP contribution is -2.53. The van der Waals surface area contributed by atoms with Gasteiger partial charge in [0.25, 0.3) is 5.91 Å². The number of carbonyl (C=O) groups is 2. The number of nitrogens with zero attached hydrogens (tertiary/aromatic N) is 3. The number of urea groups is 1. The second-order valence-electron chi connectivity index (χ2n) is 10.1. The van der Waals surface area contributed by atoms with Crippen molar-refractivity contribution >= 4 is 22.8 Å². The Labute approximate surface area is 217 Å². The molecule has 1 aromatic heterocycles. The van der Waals surface area contributed by atoms with E-state index < -0.39 is 24.2 Å². The summed E-state index contributed by atoms with van der Waals surface area (Å²) in [6, 6.07) is 10.1. The Kier molecular flexibility index (Phi) is 5.99. The Morgan fingerprint density at radius 1 is 1.16 bits per heavy atom. The Morgan fingerprint density at radius 3 is 2.68 bits per heavy atom. The fourth-order valence-corrected chi connectivity index (χ4v) is 5.97. The van der Waals surface area contributed by atoms with E-state index >= 15 is 0 Å². The normalized spacial score (nSPS) is 23.8. The number of benzene rings is 2. The molecule has 0 spiro atoms. The molecule has 3 amide bonds. The van der Waals surface area contributed by atoms with Crippen LogP contribution in [-0.4, -0.2) is 88.3 Å². The highest BCUT2D eigenvalue weighted by molar-refractivity contribution is 6.08. The molecule has 38 heavy (non-hydrogen) atoms. The third kappa shape index (κ3) is 3.97. The molecule has 0 aliphatic carbocycles. The molecule has 0 radical (unpaired) electrons. The Morgan fingerprint density at radius 2 is 1.95 bits per heavy atom. The molecule has 0 unspecified atom stereocenters. The second-order valence-corrected chi connectivity index (χ2v) is 10.1. The molecule has 2 aromatic carbocycles. The Balaban J connectivity index is 1.44. The number of morpholine rings is 1. The SMILES string of the molecule is C[C@@]12Cc3c([nH]c4ccc(OC(F)F)cc34)[C@@H](c3cccc(O)c3)N1C(=O)N(CCN1CCOCC1)C2=O. The highest BCUT2D eigenvalue weighted by Crippen LogP contribution is 2.49. The van der Waals surface area contributed by atoms with Crippen LogP contribution >= 0.6 is 0 Å². The fraction of sp³-hybridized carbons (Fsp3) is 0.407. The quantitative estimate of drug-likeness (QED) is 0.478. The minimum absolute atomic E-state index is 0.0109. The number of imide groups is 1. The van der Waals surface area contributed by atoms with Crippen LogP contribution in [0.1, 0.15) is 29.8 Å². The number of fused-ring (bicyclic) bond motifs is 4. The third-order valence-corrected chi connectivity index (χ3v) is 7.79. The minimum atomic E-state index is -2.97. The van der Waals surface area contributed by atoms with Crippen molar-refractivity contribution in [2.75, 3.05) is 39.4 Å². The molecular weight excluding hydrogens is 498 g/mol. The number of halogens is 2. The molecule has 0 bridgehead atoms. The summed E-state index contributed by atoms with van der Waals surface area (Å²) < 4.78 is 35.9. The van der Waals surface area contributed by atoms with Gasteiger partial charge in [0.15, 0.2) is 0 Å². The number of aromatic nitrogens is 1. The number of ether oxygens (including phenoxy) is 2. The van der Waals surface area contributed by atoms with Crippen molar-refractivity contribution in [1.82, 2.24) is 19.7 Å². The van der Waals surface area contributed by atoms with Crippen molar-refractivity contribution in [3.05, 3.63) is 59.3 Å². The van der Waals surface area contributed by atoms with Gasteiger partial charge in [0.1, 0.15) is 23.1 Å². The largest absolute Gasteiger partial charge is 0.508 e. The first-order valence-electron chi connectivity index (χ1n) is 12.6. The number of aromatic hydroxyl groups is 1. The van der Waals surface area contributed by atoms with Gasteiger partial charge in [-0.05, 0) is 48.4 Å². The Hall–Kier alpha value is -3.70. The van der Waals surface area contributed by atoms with E-state index in [0.717, 1.165) is 18.7 Å². The van der Waals surface area contributed by atoms with E-state index in [1.165, 1.54) is 23.1 Å². The summed E-state index contributed by atoms with van der Waals surface area (Å²) in [5, 5.41) is 10.9. The van der Waals surface area contributed by atoms with Gasteiger partial charge in [-0.1, -0.05) is 12.1 Å². The summed E-state index contributed by atoms with van der Waals surface area (Å²) in [5.41, 5.74) is 1.52. The first-order chi connectivity index (χ1) is 18.3. The molecule has 3 aliphatic rings. The van der Waals surface area contributed by atoms with E-state index in [4.69, 9.17) is 4.74 Å². The van der Waals surface area contributed by atoms with Crippen LogP contribution in [0.25, 0.3) is 10.9 Å². The number of hydrogen-bond acceptors (Lipinski definition) is 6. The van der Waals surface area contributed by atoms with E-state index in [1.807, 2.05) is 0 Å². The van der Waals surface area contributed by atoms with Gasteiger partial charge < -0.3 is 19.6 Å². The van der Waals surface area contributed by atoms with Crippen molar-refractivity contribution in [3.63, 3.8) is 0 Å². The zero-order valence-electron chi connectivity index (χ0n) is 20.8. The number of alkyl halides is 2. The molecule has 0 saturated carbocycles. The van der Waals surface area contributed by atoms with Crippen LogP contribution in [-0.2, 0) is 16.0 Å². The van der Waals surface area contributed by atoms with Crippen LogP contribution in [0.2, 0.25) is 0 Å². The maximum absolute atomic E-state index is 13.9. The average molecular weight is 527 g/mol. The van der Waals surface area contributed by atoms with E-state index in [0.29, 0.717) is 41.9 Å². The lowest BCUT2D eigenvalue weighted by atomic mass is 9.81. The van der Waals surface area contributed by atoms with Crippen LogP contribution in [0, 0.1) is 0 Å². The van der Waals surface area contributed by atoms with Crippen LogP contribution in [0.15, 0.2) is 42.5 Å². The smallest absolute Gasteiger partial charge is 0.387 e. The molecule has 6 rings (SSSR count). The second kappa shape index (κ2) is 9.25. The van der Waals surface area contributed by atoms with Crippen molar-refractivity contribution in [3.8, 4) is 11.5 Å². The zero-order chi connectivity index (χ0) is 26.6. The topological polar surface area (TPSA) is 98.3 Å². The summed E-state index contributed by atoms with van der Waals surface area (Å²) in [4.78, 5) is 36.2. The highest BCUT2D eigenvalue weighted by Gasteiger charge is 2.60. The number of phenols is 1. The summed E-state index contributed by atoms with van der Waals surface area (Å²) in [6.45, 7) is 2.28. The van der Waals surface area contributed by atoms with E-state index in [1.54, 1.807) is 36.1 Å². The molecule has 3 aliphatic heterocycles. The number of hydrogen-bond donors (Lipinski definition) is 2. The molecule has 2 saturated heterocycles. The summed E-state index contributed by atoms with van der Waals surface area (Å²) >= 11 is 0. The number of H-pyrrole nitrogens is 1. The van der Waals surface area contributed by atoms with Gasteiger partial charge in [0, 0.05) is 49.2 Å². The van der Waals surface area contributed by atoms with E-state index in [2.05, 4.69) is 14.6 Å². The lowest BCUT2D eigenvalue weighted by Gasteiger charge is -2.42. The number of nitrogens with one attached hydrogen (secondary N) is 1. The van der Waals surface area contributed by atoms with Gasteiger partial charge in [-0.2, -0.15) is 8.78 Å². The van der Waals surface area contributed by atoms with Crippen LogP contribution in [0.4, 0.5) is 13.6 Å². The minimum Gasteiger partial charge on any atom is -0.508 e. The lowest BCUT2D eigenvalue weighted by molar-refractivity contribution is -0.133. The first-order valence-corrected chi connectivity index (χ1v) is 12.6. The summed E-state index contributed by atoms with van der Waals surface area (Å²) in [6.07, 6.45) is 0.203. The third-order valence-electron chi connectivity index (χ3n) is 7.79. The van der Waals surface area contributed by atoms with Gasteiger partial charge in [-0.3, -0.25) is 19.5 Å². The maximum atomic E-state index is 13.9. The van der Waals surface area contributed by atoms with Crippen molar-refractivity contribution in [1.29, 1.82) is 0 Å². The number of phenolic OH excluding ortho intramolecular Hbond substituents is 1. The molecule has 2 N–H and O–H groups in total.